The molecule has 0 amide bonds. The van der Waals surface area contributed by atoms with Gasteiger partial charge in [-0.2, -0.15) is 0 Å². The summed E-state index contributed by atoms with van der Waals surface area (Å²) >= 11 is -5.12. The van der Waals surface area contributed by atoms with Gasteiger partial charge in [0, 0.05) is 0 Å². The van der Waals surface area contributed by atoms with Crippen LogP contribution < -0.4 is 0 Å². The molecule has 0 saturated carbocycles. The van der Waals surface area contributed by atoms with Crippen LogP contribution in [0.4, 0.5) is 0 Å². The second-order valence-corrected chi connectivity index (χ2v) is 63.0. The van der Waals surface area contributed by atoms with E-state index in [4.69, 9.17) is 17.0 Å². The van der Waals surface area contributed by atoms with Crippen molar-refractivity contribution in [2.75, 3.05) is 0 Å². The van der Waals surface area contributed by atoms with Gasteiger partial charge in [0.05, 0.1) is 0 Å². The van der Waals surface area contributed by atoms with E-state index < -0.39 is 21.5 Å². The van der Waals surface area contributed by atoms with E-state index in [0.29, 0.717) is 23.7 Å². The molecule has 2 aliphatic rings. The summed E-state index contributed by atoms with van der Waals surface area (Å²) in [4.78, 5) is 0. The van der Waals surface area contributed by atoms with Crippen molar-refractivity contribution in [2.24, 2.45) is 0 Å². The first kappa shape index (κ1) is 47.0. The molecule has 2 unspecified atom stereocenters. The Morgan fingerprint density at radius 2 is 0.781 bits per heavy atom. The summed E-state index contributed by atoms with van der Waals surface area (Å²) in [6.07, 6.45) is 6.92. The van der Waals surface area contributed by atoms with Crippen LogP contribution in [0, 0.1) is 0 Å². The third-order valence-corrected chi connectivity index (χ3v) is 66.8. The van der Waals surface area contributed by atoms with Crippen molar-refractivity contribution in [1.29, 1.82) is 0 Å². The van der Waals surface area contributed by atoms with Crippen molar-refractivity contribution in [3.63, 3.8) is 0 Å². The molecular weight excluding hydrogens is 911 g/mol. The third kappa shape index (κ3) is 8.10. The van der Waals surface area contributed by atoms with Crippen molar-refractivity contribution in [3.8, 4) is 44.5 Å². The topological polar surface area (TPSA) is 0 Å². The first-order valence-corrected chi connectivity index (χ1v) is 40.5. The SMILES string of the molecule is CCC1=Cc2c(ccc(-c3ccccc3)c2-c2cc(C(C)C)cc(C(C)C)c2)[CH]1[Zr]([Cl])([Cl])([CH]1C(CC)=Cc2c1ccc(-c1ccccc1)c2-c1cc(C(C)C)cc(C(C)C)c1)[SiH](C)C. The molecule has 0 radical (unpaired) electrons. The molecule has 0 aliphatic heterocycles. The second-order valence-electron chi connectivity index (χ2n) is 20.5. The number of fused-ring (bicyclic) bond motifs is 2. The van der Waals surface area contributed by atoms with Crippen LogP contribution in [-0.4, -0.2) is 5.92 Å². The number of halogens is 2. The van der Waals surface area contributed by atoms with Gasteiger partial charge in [-0.3, -0.25) is 0 Å². The van der Waals surface area contributed by atoms with Crippen molar-refractivity contribution in [2.45, 2.75) is 126 Å². The maximum atomic E-state index is 9.08. The van der Waals surface area contributed by atoms with Gasteiger partial charge >= 0.3 is 398 Å². The van der Waals surface area contributed by atoms with E-state index in [9.17, 15) is 0 Å². The molecule has 0 aromatic heterocycles. The quantitative estimate of drug-likeness (QED) is 0.101. The average Bonchev–Trinajstić information content (AvgIpc) is 3.88. The Morgan fingerprint density at radius 1 is 0.453 bits per heavy atom. The Bertz CT molecular complexity index is 2530. The molecule has 0 saturated heterocycles. The average molecular weight is 980 g/mol. The number of rotatable bonds is 13. The molecule has 0 spiro atoms. The standard InChI is InChI=1S/2C29H31.C2H7Si.2ClH.Zr/c2*1-6-21-14-23-12-13-27(22-10-8-7-9-11-22)29(28(23)15-21)26-17-24(19(2)3)16-25(18-26)20(4)5;1-3-2;;;/h2*7-20H,6H2,1-5H3;3H,1-2H3;2*1H;/q;;;;;+2/p-2. The Labute approximate surface area is 395 Å². The fourth-order valence-corrected chi connectivity index (χ4v) is 42.9. The van der Waals surface area contributed by atoms with Crippen molar-refractivity contribution in [1.82, 2.24) is 0 Å². The molecule has 0 fully saturated rings. The van der Waals surface area contributed by atoms with Crippen molar-refractivity contribution < 1.29 is 15.6 Å². The Balaban J connectivity index is 1.42. The van der Waals surface area contributed by atoms with Gasteiger partial charge in [-0.05, 0) is 0 Å². The number of allylic oxidation sites excluding steroid dienone is 2. The van der Waals surface area contributed by atoms with Crippen LogP contribution in [-0.2, 0) is 15.6 Å². The van der Waals surface area contributed by atoms with Gasteiger partial charge in [0.25, 0.3) is 0 Å². The summed E-state index contributed by atoms with van der Waals surface area (Å²) in [5, 5.41) is 0. The van der Waals surface area contributed by atoms with E-state index in [1.54, 1.807) is 0 Å². The van der Waals surface area contributed by atoms with Crippen LogP contribution in [0.3, 0.4) is 0 Å². The normalized spacial score (nSPS) is 16.7. The minimum absolute atomic E-state index is 0.0119. The number of hydrogen-bond donors (Lipinski definition) is 0. The fraction of sp³-hybridized carbons (Fsp3) is 0.333. The van der Waals surface area contributed by atoms with Crippen LogP contribution in [0.2, 0.25) is 13.1 Å². The Morgan fingerprint density at radius 3 is 1.06 bits per heavy atom. The Kier molecular flexibility index (Phi) is 13.4. The van der Waals surface area contributed by atoms with Crippen molar-refractivity contribution >= 4 is 35.1 Å². The number of benzene rings is 6. The van der Waals surface area contributed by atoms with E-state index in [1.165, 1.54) is 100 Å². The molecule has 331 valence electrons. The van der Waals surface area contributed by atoms with Crippen molar-refractivity contribution in [3.05, 3.63) is 177 Å². The molecule has 2 aliphatic carbocycles. The van der Waals surface area contributed by atoms with Crippen LogP contribution in [0.1, 0.15) is 158 Å². The van der Waals surface area contributed by atoms with E-state index in [-0.39, 0.29) is 7.25 Å². The summed E-state index contributed by atoms with van der Waals surface area (Å²) in [6.45, 7) is 28.2. The zero-order valence-electron chi connectivity index (χ0n) is 40.4. The molecule has 0 heterocycles. The molecule has 8 rings (SSSR count). The first-order valence-electron chi connectivity index (χ1n) is 24.2. The van der Waals surface area contributed by atoms with Gasteiger partial charge in [0.15, 0.2) is 0 Å². The molecule has 4 heteroatoms. The molecule has 0 N–H and O–H groups in total. The summed E-state index contributed by atoms with van der Waals surface area (Å²) in [6, 6.07) is 46.4. The van der Waals surface area contributed by atoms with Gasteiger partial charge in [-0.25, -0.2) is 0 Å². The summed E-state index contributed by atoms with van der Waals surface area (Å²) in [5.41, 5.74) is 23.9. The monoisotopic (exact) mass is 977 g/mol. The van der Waals surface area contributed by atoms with Gasteiger partial charge in [0.1, 0.15) is 0 Å². The summed E-state index contributed by atoms with van der Waals surface area (Å²) in [5.74, 6) is -0.156. The van der Waals surface area contributed by atoms with E-state index in [1.807, 2.05) is 0 Å². The van der Waals surface area contributed by atoms with Crippen LogP contribution in [0.5, 0.6) is 0 Å². The Hall–Kier alpha value is -3.52. The minimum atomic E-state index is -5.12. The van der Waals surface area contributed by atoms with Crippen LogP contribution in [0.15, 0.2) is 132 Å². The molecule has 6 aromatic rings. The van der Waals surface area contributed by atoms with E-state index in [0.717, 1.165) is 12.8 Å². The van der Waals surface area contributed by atoms with E-state index >= 15 is 0 Å². The summed E-state index contributed by atoms with van der Waals surface area (Å²) in [7, 11) is 18.2. The van der Waals surface area contributed by atoms with E-state index in [2.05, 4.69) is 216 Å². The van der Waals surface area contributed by atoms with Gasteiger partial charge < -0.3 is 0 Å². The summed E-state index contributed by atoms with van der Waals surface area (Å²) < 4.78 is 0.0238. The molecular formula is C60H69Cl2SiZr. The van der Waals surface area contributed by atoms with Crippen LogP contribution in [0.25, 0.3) is 56.7 Å². The second kappa shape index (κ2) is 18.3. The fourth-order valence-electron chi connectivity index (χ4n) is 11.1. The first-order chi connectivity index (χ1) is 30.5. The van der Waals surface area contributed by atoms with Gasteiger partial charge in [0.2, 0.25) is 0 Å². The zero-order chi connectivity index (χ0) is 45.9. The van der Waals surface area contributed by atoms with Crippen LogP contribution >= 0.6 is 17.0 Å². The molecule has 6 aromatic carbocycles. The molecule has 0 bridgehead atoms. The predicted octanol–water partition coefficient (Wildman–Crippen LogP) is 19.2. The molecule has 2 atom stereocenters. The van der Waals surface area contributed by atoms with Gasteiger partial charge in [-0.15, -0.1) is 0 Å². The number of hydrogen-bond acceptors (Lipinski definition) is 0. The molecule has 0 nitrogen and oxygen atoms in total. The maximum absolute atomic E-state index is 9.08. The predicted molar refractivity (Wildman–Crippen MR) is 284 cm³/mol. The molecule has 64 heavy (non-hydrogen) atoms. The zero-order valence-corrected chi connectivity index (χ0v) is 45.5. The van der Waals surface area contributed by atoms with Gasteiger partial charge in [-0.1, -0.05) is 0 Å². The third-order valence-electron chi connectivity index (χ3n) is 15.0.